The number of carbonyl (C=O) groups excluding carboxylic acids is 10. The second kappa shape index (κ2) is 37.3. The molecule has 21 N–H and O–H groups in total. The van der Waals surface area contributed by atoms with Crippen molar-refractivity contribution < 1.29 is 53.1 Å². The van der Waals surface area contributed by atoms with Crippen molar-refractivity contribution in [3.63, 3.8) is 0 Å². The first-order chi connectivity index (χ1) is 35.9. The van der Waals surface area contributed by atoms with Gasteiger partial charge in [0.1, 0.15) is 54.4 Å². The van der Waals surface area contributed by atoms with Crippen LogP contribution in [0.15, 0.2) is 0 Å². The van der Waals surface area contributed by atoms with E-state index in [0.717, 1.165) is 12.8 Å². The molecule has 0 saturated carbocycles. The fourth-order valence-corrected chi connectivity index (χ4v) is 8.40. The van der Waals surface area contributed by atoms with Crippen LogP contribution in [0.2, 0.25) is 0 Å². The minimum absolute atomic E-state index is 0.0637. The maximum absolute atomic E-state index is 14.3. The van der Waals surface area contributed by atoms with Crippen molar-refractivity contribution in [2.45, 2.75) is 199 Å². The number of rotatable bonds is 25. The first-order valence-electron chi connectivity index (χ1n) is 27.1. The van der Waals surface area contributed by atoms with Gasteiger partial charge in [0.2, 0.25) is 59.1 Å². The van der Waals surface area contributed by atoms with Gasteiger partial charge in [-0.3, -0.25) is 47.9 Å². The normalized spacial score (nSPS) is 24.3. The summed E-state index contributed by atoms with van der Waals surface area (Å²) in [7, 11) is 0. The molecular weight excluding hydrogens is 987 g/mol. The Balaban J connectivity index is 3.95. The minimum Gasteiger partial charge on any atom is -0.393 e. The van der Waals surface area contributed by atoms with Crippen molar-refractivity contribution in [1.29, 1.82) is 0 Å². The summed E-state index contributed by atoms with van der Waals surface area (Å²) in [5.74, 6) is -8.30. The van der Waals surface area contributed by atoms with E-state index < -0.39 is 120 Å². The van der Waals surface area contributed by atoms with Crippen molar-refractivity contribution in [2.24, 2.45) is 46.4 Å². The highest BCUT2D eigenvalue weighted by Gasteiger charge is 2.36. The van der Waals surface area contributed by atoms with Gasteiger partial charge in [-0.1, -0.05) is 67.7 Å². The lowest BCUT2D eigenvalue weighted by molar-refractivity contribution is -0.136. The summed E-state index contributed by atoms with van der Waals surface area (Å²) >= 11 is 0. The quantitative estimate of drug-likeness (QED) is 0.0389. The predicted octanol–water partition coefficient (Wildman–Crippen LogP) is -3.92. The molecule has 0 aromatic heterocycles. The number of carbonyl (C=O) groups is 10. The van der Waals surface area contributed by atoms with E-state index in [9.17, 15) is 53.1 Å². The molecule has 0 aliphatic carbocycles. The second-order valence-electron chi connectivity index (χ2n) is 20.8. The molecule has 10 amide bonds. The summed E-state index contributed by atoms with van der Waals surface area (Å²) in [4.78, 5) is 139. The molecule has 10 atom stereocenters. The lowest BCUT2D eigenvalue weighted by Gasteiger charge is -2.29. The molecule has 0 spiro atoms. The van der Waals surface area contributed by atoms with Crippen molar-refractivity contribution in [1.82, 2.24) is 53.2 Å². The summed E-state index contributed by atoms with van der Waals surface area (Å²) < 4.78 is 0. The third-order valence-corrected chi connectivity index (χ3v) is 12.4. The monoisotopic (exact) mass is 1080 g/mol. The van der Waals surface area contributed by atoms with Gasteiger partial charge in [-0.05, 0) is 115 Å². The first-order valence-corrected chi connectivity index (χ1v) is 27.1. The van der Waals surface area contributed by atoms with E-state index in [0.29, 0.717) is 12.8 Å². The van der Waals surface area contributed by atoms with E-state index in [4.69, 9.17) is 28.7 Å². The Hall–Kier alpha value is -5.54. The number of aliphatic hydroxyl groups is 1. The summed E-state index contributed by atoms with van der Waals surface area (Å²) in [6.07, 6.45) is 1.07. The molecule has 76 heavy (non-hydrogen) atoms. The molecule has 0 unspecified atom stereocenters. The summed E-state index contributed by atoms with van der Waals surface area (Å²) in [5, 5.41) is 37.0. The number of hydrogen-bond donors (Lipinski definition) is 16. The molecule has 0 radical (unpaired) electrons. The molecule has 1 aliphatic rings. The molecule has 1 saturated heterocycles. The van der Waals surface area contributed by atoms with E-state index in [2.05, 4.69) is 53.2 Å². The SMILES string of the molecule is CCCCC[C@@H](O)CC(=O)N[C@H](CCN)C(=O)N[C@H]1CCNC(=O)[C@H](CC(C)C)NC(=O)[C@H](CCN)NC(=O)[C@H](CCN)NC(=O)[C@H](CC(C)C)NC(=O)[C@@H](CC(C)C)NC(=O)[C@H](CCN)NC(=O)[C@@H](CCN)NC1=O. The van der Waals surface area contributed by atoms with Crippen molar-refractivity contribution in [2.75, 3.05) is 39.3 Å². The summed E-state index contributed by atoms with van der Waals surface area (Å²) in [5.41, 5.74) is 29.4. The number of amides is 10. The second-order valence-corrected chi connectivity index (χ2v) is 20.8. The van der Waals surface area contributed by atoms with Gasteiger partial charge in [-0.25, -0.2) is 0 Å². The molecule has 1 fully saturated rings. The summed E-state index contributed by atoms with van der Waals surface area (Å²) in [6, 6.07) is -11.8. The van der Waals surface area contributed by atoms with Crippen LogP contribution in [0.4, 0.5) is 0 Å². The van der Waals surface area contributed by atoms with Gasteiger partial charge < -0.3 is 86.9 Å². The average Bonchev–Trinajstić information content (AvgIpc) is 3.33. The molecular formula is C50H95N15O11. The standard InChI is InChI=1S/C50H95N15O11/c1-8-9-10-11-31(66)27-41(67)57-32(12-18-51)43(69)62-37-17-23-56-42(68)38(24-28(2)3)63-46(72)35(15-21-54)58-45(71)34(14-20-53)61-49(75)39(25-29(4)5)65-50(76)40(26-30(6)7)64-47(73)36(16-22-55)59-44(70)33(13-19-52)60-48(37)74/h28-40,66H,8-27,51-55H2,1-7H3,(H,56,68)(H,57,67)(H,58,71)(H,59,70)(H,60,74)(H,61,75)(H,62,69)(H,63,72)(H,64,73)(H,65,76)/t31-,32-,33-,34+,35+,36+,37+,38+,39+,40-/m1/s1. The number of hydrogen-bond acceptors (Lipinski definition) is 16. The number of aliphatic hydroxyl groups excluding tert-OH is 1. The van der Waals surface area contributed by atoms with Crippen LogP contribution in [-0.2, 0) is 47.9 Å². The van der Waals surface area contributed by atoms with E-state index in [1.807, 2.05) is 48.5 Å². The maximum atomic E-state index is 14.3. The summed E-state index contributed by atoms with van der Waals surface area (Å²) in [6.45, 7) is 12.1. The zero-order valence-electron chi connectivity index (χ0n) is 46.1. The Morgan fingerprint density at radius 1 is 0.513 bits per heavy atom. The largest absolute Gasteiger partial charge is 0.393 e. The fourth-order valence-electron chi connectivity index (χ4n) is 8.40. The van der Waals surface area contributed by atoms with Crippen LogP contribution in [0, 0.1) is 17.8 Å². The Morgan fingerprint density at radius 2 is 0.868 bits per heavy atom. The molecule has 26 nitrogen and oxygen atoms in total. The number of nitrogens with one attached hydrogen (secondary N) is 10. The van der Waals surface area contributed by atoms with Crippen molar-refractivity contribution >= 4 is 59.1 Å². The molecule has 26 heteroatoms. The molecule has 0 aromatic rings. The van der Waals surface area contributed by atoms with E-state index in [1.54, 1.807) is 0 Å². The molecule has 1 rings (SSSR count). The Morgan fingerprint density at radius 3 is 1.22 bits per heavy atom. The molecule has 1 aliphatic heterocycles. The van der Waals surface area contributed by atoms with Gasteiger partial charge in [0.15, 0.2) is 0 Å². The van der Waals surface area contributed by atoms with Crippen LogP contribution in [0.5, 0.6) is 0 Å². The average molecular weight is 1080 g/mol. The highest BCUT2D eigenvalue weighted by atomic mass is 16.3. The van der Waals surface area contributed by atoms with Gasteiger partial charge in [-0.15, -0.1) is 0 Å². The third kappa shape index (κ3) is 26.5. The van der Waals surface area contributed by atoms with Crippen LogP contribution < -0.4 is 81.8 Å². The van der Waals surface area contributed by atoms with Crippen LogP contribution >= 0.6 is 0 Å². The Labute approximate surface area is 448 Å². The molecule has 436 valence electrons. The number of unbranched alkanes of at least 4 members (excludes halogenated alkanes) is 2. The van der Waals surface area contributed by atoms with Crippen LogP contribution in [-0.4, -0.2) is 164 Å². The zero-order chi connectivity index (χ0) is 57.5. The lowest BCUT2D eigenvalue weighted by Crippen LogP contribution is -2.61. The first kappa shape index (κ1) is 68.5. The van der Waals surface area contributed by atoms with Gasteiger partial charge >= 0.3 is 0 Å². The highest BCUT2D eigenvalue weighted by molar-refractivity contribution is 5.98. The van der Waals surface area contributed by atoms with Crippen LogP contribution in [0.1, 0.15) is 138 Å². The predicted molar refractivity (Wildman–Crippen MR) is 286 cm³/mol. The van der Waals surface area contributed by atoms with Crippen molar-refractivity contribution in [3.8, 4) is 0 Å². The van der Waals surface area contributed by atoms with E-state index in [1.165, 1.54) is 0 Å². The number of nitrogens with two attached hydrogens (primary N) is 5. The fraction of sp³-hybridized carbons (Fsp3) is 0.800. The van der Waals surface area contributed by atoms with Gasteiger partial charge in [0.25, 0.3) is 0 Å². The third-order valence-electron chi connectivity index (χ3n) is 12.4. The van der Waals surface area contributed by atoms with Gasteiger partial charge in [0.05, 0.1) is 12.5 Å². The van der Waals surface area contributed by atoms with Gasteiger partial charge in [-0.2, -0.15) is 0 Å². The Bertz CT molecular complexity index is 1860. The van der Waals surface area contributed by atoms with E-state index in [-0.39, 0.29) is 121 Å². The smallest absolute Gasteiger partial charge is 0.243 e. The van der Waals surface area contributed by atoms with Gasteiger partial charge in [0, 0.05) is 6.54 Å². The molecule has 0 aromatic carbocycles. The van der Waals surface area contributed by atoms with Crippen molar-refractivity contribution in [3.05, 3.63) is 0 Å². The Kier molecular flexibility index (Phi) is 33.6. The van der Waals surface area contributed by atoms with Crippen LogP contribution in [0.3, 0.4) is 0 Å². The minimum atomic E-state index is -1.50. The van der Waals surface area contributed by atoms with E-state index >= 15 is 0 Å². The topological polar surface area (TPSA) is 441 Å². The maximum Gasteiger partial charge on any atom is 0.243 e. The highest BCUT2D eigenvalue weighted by Crippen LogP contribution is 2.13. The van der Waals surface area contributed by atoms with Crippen LogP contribution in [0.25, 0.3) is 0 Å². The zero-order valence-corrected chi connectivity index (χ0v) is 46.1. The lowest BCUT2D eigenvalue weighted by atomic mass is 9.99. The molecule has 0 bridgehead atoms. The molecule has 1 heterocycles.